The lowest BCUT2D eigenvalue weighted by Crippen LogP contribution is -3.00. The van der Waals surface area contributed by atoms with Crippen LogP contribution in [0.4, 0.5) is 5.69 Å². The number of hydrogen-bond acceptors (Lipinski definition) is 8. The molecule has 196 valence electrons. The minimum atomic E-state index is -0.474. The van der Waals surface area contributed by atoms with Gasteiger partial charge in [0.2, 0.25) is 5.75 Å². The van der Waals surface area contributed by atoms with Crippen molar-refractivity contribution in [1.29, 1.82) is 0 Å². The highest BCUT2D eigenvalue weighted by molar-refractivity contribution is 5.96. The van der Waals surface area contributed by atoms with Gasteiger partial charge < -0.3 is 42.4 Å². The molecule has 37 heavy (non-hydrogen) atoms. The average molecular weight is 529 g/mol. The van der Waals surface area contributed by atoms with Crippen molar-refractivity contribution in [2.75, 3.05) is 33.8 Å². The van der Waals surface area contributed by atoms with E-state index in [4.69, 9.17) is 18.9 Å². The van der Waals surface area contributed by atoms with Crippen molar-refractivity contribution in [2.24, 2.45) is 4.99 Å². The number of nitrogens with one attached hydrogen (secondary N) is 1. The van der Waals surface area contributed by atoms with Crippen molar-refractivity contribution in [2.45, 2.75) is 18.9 Å². The molecule has 11 nitrogen and oxygen atoms in total. The van der Waals surface area contributed by atoms with Gasteiger partial charge in [0.25, 0.3) is 5.91 Å². The fraction of sp³-hybridized carbons (Fsp3) is 0.280. The van der Waals surface area contributed by atoms with Gasteiger partial charge in [0.05, 0.1) is 51.7 Å². The standard InChI is InChI=1S/C25H28N6O5.ClH/c1-33-21-6-5-16(10-19(21)29-25(32)18(26)9-15-7-8-27-13-15)20-14-28-30-31(20)17-11-22(34-2)24(36-4)23(12-17)35-3;/h5-6,8,10-14,18H,7,9,26H2,1-4H3,(H,29,32);1H. The predicted molar refractivity (Wildman–Crippen MR) is 134 cm³/mol. The van der Waals surface area contributed by atoms with E-state index in [9.17, 15) is 4.79 Å². The highest BCUT2D eigenvalue weighted by atomic mass is 35.5. The number of carbonyl (C=O) groups is 1. The maximum atomic E-state index is 12.9. The Labute approximate surface area is 220 Å². The predicted octanol–water partition coefficient (Wildman–Crippen LogP) is -0.730. The highest BCUT2D eigenvalue weighted by Gasteiger charge is 2.22. The summed E-state index contributed by atoms with van der Waals surface area (Å²) in [6.45, 7) is 0. The second-order valence-electron chi connectivity index (χ2n) is 8.04. The van der Waals surface area contributed by atoms with Gasteiger partial charge in [0.15, 0.2) is 17.5 Å². The van der Waals surface area contributed by atoms with Gasteiger partial charge in [-0.3, -0.25) is 9.79 Å². The molecule has 0 saturated carbocycles. The van der Waals surface area contributed by atoms with Crippen LogP contribution in [0.1, 0.15) is 12.8 Å². The van der Waals surface area contributed by atoms with E-state index in [0.29, 0.717) is 46.5 Å². The lowest BCUT2D eigenvalue weighted by Gasteiger charge is -2.16. The summed E-state index contributed by atoms with van der Waals surface area (Å²) in [5, 5.41) is 11.3. The van der Waals surface area contributed by atoms with Crippen LogP contribution in [0.2, 0.25) is 0 Å². The average Bonchev–Trinajstić information content (AvgIpc) is 3.60. The lowest BCUT2D eigenvalue weighted by molar-refractivity contribution is -0.401. The van der Waals surface area contributed by atoms with Crippen LogP contribution >= 0.6 is 0 Å². The molecule has 4 rings (SSSR count). The quantitative estimate of drug-likeness (QED) is 0.354. The molecular formula is C25H29ClN6O5. The zero-order valence-electron chi connectivity index (χ0n) is 21.0. The third-order valence-corrected chi connectivity index (χ3v) is 5.79. The third-order valence-electron chi connectivity index (χ3n) is 5.79. The van der Waals surface area contributed by atoms with Crippen molar-refractivity contribution >= 4 is 17.8 Å². The number of benzene rings is 2. The Morgan fingerprint density at radius 2 is 1.76 bits per heavy atom. The van der Waals surface area contributed by atoms with Crippen molar-refractivity contribution in [3.63, 3.8) is 0 Å². The maximum Gasteiger partial charge on any atom is 0.282 e. The Morgan fingerprint density at radius 3 is 2.35 bits per heavy atom. The van der Waals surface area contributed by atoms with Crippen LogP contribution in [-0.4, -0.2) is 61.6 Å². The number of quaternary nitrogens is 1. The number of aromatic nitrogens is 3. The number of hydrogen-bond donors (Lipinski definition) is 2. The first-order valence-electron chi connectivity index (χ1n) is 11.2. The molecule has 1 unspecified atom stereocenters. The van der Waals surface area contributed by atoms with E-state index in [-0.39, 0.29) is 18.3 Å². The summed E-state index contributed by atoms with van der Waals surface area (Å²) in [4.78, 5) is 17.0. The van der Waals surface area contributed by atoms with E-state index in [2.05, 4.69) is 26.4 Å². The van der Waals surface area contributed by atoms with Crippen LogP contribution < -0.4 is 42.4 Å². The molecule has 1 aromatic heterocycles. The van der Waals surface area contributed by atoms with E-state index in [1.54, 1.807) is 63.7 Å². The third kappa shape index (κ3) is 5.84. The largest absolute Gasteiger partial charge is 1.00 e. The van der Waals surface area contributed by atoms with E-state index in [0.717, 1.165) is 17.6 Å². The lowest BCUT2D eigenvalue weighted by atomic mass is 10.1. The Hall–Kier alpha value is -4.09. The molecule has 4 N–H and O–H groups in total. The fourth-order valence-electron chi connectivity index (χ4n) is 3.94. The van der Waals surface area contributed by atoms with Gasteiger partial charge in [0, 0.05) is 43.0 Å². The molecule has 2 heterocycles. The minimum Gasteiger partial charge on any atom is -1.00 e. The van der Waals surface area contributed by atoms with Gasteiger partial charge in [-0.25, -0.2) is 4.68 Å². The Balaban J connectivity index is 0.00000380. The molecule has 0 radical (unpaired) electrons. The fourth-order valence-corrected chi connectivity index (χ4v) is 3.94. The molecular weight excluding hydrogens is 500 g/mol. The number of amides is 1. The van der Waals surface area contributed by atoms with Gasteiger partial charge in [0.1, 0.15) is 5.75 Å². The summed E-state index contributed by atoms with van der Waals surface area (Å²) in [7, 11) is 6.19. The molecule has 12 heteroatoms. The summed E-state index contributed by atoms with van der Waals surface area (Å²) >= 11 is 0. The number of rotatable bonds is 10. The number of methoxy groups -OCH3 is 4. The molecule has 0 fully saturated rings. The monoisotopic (exact) mass is 528 g/mol. The van der Waals surface area contributed by atoms with Crippen LogP contribution in [0.5, 0.6) is 23.0 Å². The molecule has 1 aliphatic heterocycles. The topological polar surface area (TPSA) is 137 Å². The van der Waals surface area contributed by atoms with Crippen molar-refractivity contribution in [1.82, 2.24) is 15.0 Å². The van der Waals surface area contributed by atoms with Gasteiger partial charge in [-0.15, -0.1) is 5.10 Å². The van der Waals surface area contributed by atoms with Crippen LogP contribution in [0.15, 0.2) is 53.3 Å². The first-order chi connectivity index (χ1) is 17.5. The molecule has 0 spiro atoms. The van der Waals surface area contributed by atoms with Gasteiger partial charge in [-0.05, 0) is 23.8 Å². The zero-order valence-corrected chi connectivity index (χ0v) is 21.8. The summed E-state index contributed by atoms with van der Waals surface area (Å²) in [6.07, 6.45) is 6.51. The SMILES string of the molecule is COc1ccc(-c2cnnn2-c2cc(OC)c(OC)c(OC)c2)cc1NC(=O)C([NH3+])CC1=CN=CC1.[Cl-]. The zero-order chi connectivity index (χ0) is 25.7. The molecule has 3 aromatic rings. The number of carbonyl (C=O) groups excluding carboxylic acids is 1. The number of nitrogens with zero attached hydrogens (tertiary/aromatic N) is 4. The molecule has 1 amide bonds. The second kappa shape index (κ2) is 12.2. The summed E-state index contributed by atoms with van der Waals surface area (Å²) in [6, 6.07) is 8.54. The van der Waals surface area contributed by atoms with Gasteiger partial charge in [-0.1, -0.05) is 5.21 Å². The van der Waals surface area contributed by atoms with Crippen molar-refractivity contribution in [3.8, 4) is 39.9 Å². The van der Waals surface area contributed by atoms with Gasteiger partial charge >= 0.3 is 0 Å². The van der Waals surface area contributed by atoms with E-state index >= 15 is 0 Å². The van der Waals surface area contributed by atoms with Crippen LogP contribution in [0, 0.1) is 0 Å². The molecule has 2 aromatic carbocycles. The smallest absolute Gasteiger partial charge is 0.282 e. The van der Waals surface area contributed by atoms with E-state index in [1.807, 2.05) is 18.3 Å². The van der Waals surface area contributed by atoms with E-state index in [1.165, 1.54) is 0 Å². The number of ether oxygens (including phenoxy) is 4. The highest BCUT2D eigenvalue weighted by Crippen LogP contribution is 2.40. The number of anilines is 1. The number of halogens is 1. The molecule has 1 atom stereocenters. The molecule has 0 bridgehead atoms. The Bertz CT molecular complexity index is 1300. The first kappa shape index (κ1) is 27.5. The molecule has 0 aliphatic carbocycles. The van der Waals surface area contributed by atoms with Crippen LogP contribution in [0.25, 0.3) is 16.9 Å². The summed E-state index contributed by atoms with van der Waals surface area (Å²) in [5.74, 6) is 1.76. The summed E-state index contributed by atoms with van der Waals surface area (Å²) < 4.78 is 23.5. The van der Waals surface area contributed by atoms with Crippen LogP contribution in [0.3, 0.4) is 0 Å². The maximum absolute atomic E-state index is 12.9. The van der Waals surface area contributed by atoms with Gasteiger partial charge in [-0.2, -0.15) is 0 Å². The Morgan fingerprint density at radius 1 is 1.05 bits per heavy atom. The first-order valence-corrected chi connectivity index (χ1v) is 11.2. The van der Waals surface area contributed by atoms with Crippen molar-refractivity contribution < 1.29 is 41.9 Å². The molecule has 1 aliphatic rings. The van der Waals surface area contributed by atoms with Crippen LogP contribution in [-0.2, 0) is 4.79 Å². The second-order valence-corrected chi connectivity index (χ2v) is 8.04. The Kier molecular flexibility index (Phi) is 9.10. The molecule has 0 saturated heterocycles. The minimum absolute atomic E-state index is 0. The van der Waals surface area contributed by atoms with Crippen molar-refractivity contribution in [3.05, 3.63) is 48.3 Å². The number of aliphatic imine (C=N–C) groups is 1. The van der Waals surface area contributed by atoms with E-state index < -0.39 is 6.04 Å². The summed E-state index contributed by atoms with van der Waals surface area (Å²) in [5.41, 5.74) is 7.71. The normalized spacial score (nSPS) is 12.8.